The molecule has 0 aliphatic carbocycles. The summed E-state index contributed by atoms with van der Waals surface area (Å²) in [6.45, 7) is -0.648. The van der Waals surface area contributed by atoms with Crippen molar-refractivity contribution in [3.05, 3.63) is 12.7 Å². The fourth-order valence-electron chi connectivity index (χ4n) is 2.56. The van der Waals surface area contributed by atoms with Gasteiger partial charge in [-0.15, -0.1) is 0 Å². The van der Waals surface area contributed by atoms with Gasteiger partial charge in [-0.1, -0.05) is 0 Å². The first-order chi connectivity index (χ1) is 12.3. The van der Waals surface area contributed by atoms with E-state index in [4.69, 9.17) is 25.4 Å². The Kier molecular flexibility index (Phi) is 4.67. The molecule has 0 amide bonds. The van der Waals surface area contributed by atoms with Gasteiger partial charge in [0.15, 0.2) is 23.9 Å². The molecule has 1 fully saturated rings. The lowest BCUT2D eigenvalue weighted by molar-refractivity contribution is -0.170. The standard InChI is InChI=1S/C13H14FN5O7/c14-5-7(20)4(1-25-8(12(21)22)13(23)24)26-11(5)19-3-18-6-9(15)16-2-17-10(6)19/h2-5,7-8,11,20H,1H2,(H,21,22)(H,23,24)(H2,15,16,17)/t4-,5-,7-,11-/m1/s1. The van der Waals surface area contributed by atoms with Crippen molar-refractivity contribution in [2.75, 3.05) is 12.3 Å². The molecule has 2 aromatic heterocycles. The Bertz CT molecular complexity index is 831. The molecule has 0 bridgehead atoms. The van der Waals surface area contributed by atoms with Gasteiger partial charge in [-0.25, -0.2) is 28.9 Å². The lowest BCUT2D eigenvalue weighted by atomic mass is 10.1. The van der Waals surface area contributed by atoms with Crippen molar-refractivity contribution in [3.63, 3.8) is 0 Å². The summed E-state index contributed by atoms with van der Waals surface area (Å²) in [6.07, 6.45) is -6.05. The highest BCUT2D eigenvalue weighted by atomic mass is 19.1. The first-order valence-electron chi connectivity index (χ1n) is 7.29. The van der Waals surface area contributed by atoms with Gasteiger partial charge in [-0.3, -0.25) is 4.57 Å². The number of aromatic nitrogens is 4. The highest BCUT2D eigenvalue weighted by Crippen LogP contribution is 2.34. The van der Waals surface area contributed by atoms with E-state index in [0.29, 0.717) is 0 Å². The Morgan fingerprint density at radius 3 is 2.69 bits per heavy atom. The van der Waals surface area contributed by atoms with Crippen LogP contribution >= 0.6 is 0 Å². The predicted octanol–water partition coefficient (Wildman–Crippen LogP) is -1.44. The molecule has 0 radical (unpaired) electrons. The topological polar surface area (TPSA) is 183 Å². The second-order valence-electron chi connectivity index (χ2n) is 5.47. The minimum atomic E-state index is -2.16. The van der Waals surface area contributed by atoms with Gasteiger partial charge in [0.2, 0.25) is 0 Å². The van der Waals surface area contributed by atoms with Crippen LogP contribution in [0, 0.1) is 0 Å². The first-order valence-corrected chi connectivity index (χ1v) is 7.29. The monoisotopic (exact) mass is 371 g/mol. The largest absolute Gasteiger partial charge is 0.479 e. The van der Waals surface area contributed by atoms with E-state index in [1.165, 1.54) is 10.9 Å². The van der Waals surface area contributed by atoms with Crippen molar-refractivity contribution in [1.82, 2.24) is 19.5 Å². The summed E-state index contributed by atoms with van der Waals surface area (Å²) in [5, 5.41) is 27.5. The van der Waals surface area contributed by atoms with Gasteiger partial charge in [-0.2, -0.15) is 0 Å². The normalized spacial score (nSPS) is 25.8. The van der Waals surface area contributed by atoms with E-state index in [-0.39, 0.29) is 17.0 Å². The molecule has 4 atom stereocenters. The molecule has 1 aliphatic rings. The molecule has 2 aromatic rings. The molecule has 12 nitrogen and oxygen atoms in total. The number of aliphatic hydroxyl groups excluding tert-OH is 1. The predicted molar refractivity (Wildman–Crippen MR) is 79.6 cm³/mol. The molecule has 140 valence electrons. The zero-order chi connectivity index (χ0) is 19.0. The van der Waals surface area contributed by atoms with Crippen molar-refractivity contribution in [2.45, 2.75) is 30.7 Å². The number of halogens is 1. The number of hydrogen-bond donors (Lipinski definition) is 4. The van der Waals surface area contributed by atoms with Gasteiger partial charge < -0.3 is 30.5 Å². The highest BCUT2D eigenvalue weighted by Gasteiger charge is 2.46. The van der Waals surface area contributed by atoms with E-state index >= 15 is 0 Å². The molecule has 0 saturated carbocycles. The van der Waals surface area contributed by atoms with Crippen LogP contribution in [0.15, 0.2) is 12.7 Å². The van der Waals surface area contributed by atoms with Gasteiger partial charge in [0, 0.05) is 0 Å². The summed E-state index contributed by atoms with van der Waals surface area (Å²) >= 11 is 0. The number of nitrogens with two attached hydrogens (primary N) is 1. The van der Waals surface area contributed by atoms with Crippen LogP contribution in [-0.2, 0) is 19.1 Å². The van der Waals surface area contributed by atoms with Crippen molar-refractivity contribution in [2.24, 2.45) is 0 Å². The van der Waals surface area contributed by atoms with Crippen molar-refractivity contribution in [1.29, 1.82) is 0 Å². The molecule has 26 heavy (non-hydrogen) atoms. The number of rotatable bonds is 6. The van der Waals surface area contributed by atoms with Crippen molar-refractivity contribution in [3.8, 4) is 0 Å². The zero-order valence-corrected chi connectivity index (χ0v) is 13.0. The summed E-state index contributed by atoms with van der Waals surface area (Å²) in [7, 11) is 0. The lowest BCUT2D eigenvalue weighted by Crippen LogP contribution is -2.38. The fraction of sp³-hybridized carbons (Fsp3) is 0.462. The van der Waals surface area contributed by atoms with Crippen molar-refractivity contribution >= 4 is 28.9 Å². The van der Waals surface area contributed by atoms with Gasteiger partial charge in [-0.05, 0) is 0 Å². The van der Waals surface area contributed by atoms with E-state index in [1.807, 2.05) is 0 Å². The van der Waals surface area contributed by atoms with E-state index in [9.17, 15) is 19.1 Å². The number of carboxylic acids is 2. The van der Waals surface area contributed by atoms with Crippen LogP contribution in [0.4, 0.5) is 10.2 Å². The molecule has 0 unspecified atom stereocenters. The number of alkyl halides is 1. The number of nitrogens with zero attached hydrogens (tertiary/aromatic N) is 4. The summed E-state index contributed by atoms with van der Waals surface area (Å²) in [6, 6.07) is 0. The van der Waals surface area contributed by atoms with Crippen LogP contribution in [0.25, 0.3) is 11.2 Å². The number of carbonyl (C=O) groups is 2. The quantitative estimate of drug-likeness (QED) is 0.436. The molecule has 3 rings (SSSR count). The third-order valence-corrected chi connectivity index (χ3v) is 3.83. The second kappa shape index (κ2) is 6.78. The number of imidazole rings is 1. The maximum atomic E-state index is 14.5. The minimum Gasteiger partial charge on any atom is -0.479 e. The Morgan fingerprint density at radius 2 is 2.04 bits per heavy atom. The number of anilines is 1. The Balaban J connectivity index is 1.78. The van der Waals surface area contributed by atoms with Crippen LogP contribution in [0.5, 0.6) is 0 Å². The molecule has 1 saturated heterocycles. The van der Waals surface area contributed by atoms with Crippen LogP contribution in [0.3, 0.4) is 0 Å². The molecule has 3 heterocycles. The summed E-state index contributed by atoms with van der Waals surface area (Å²) < 4.78 is 25.8. The molecule has 0 aromatic carbocycles. The second-order valence-corrected chi connectivity index (χ2v) is 5.47. The number of aliphatic hydroxyl groups is 1. The first kappa shape index (κ1) is 17.9. The molecule has 0 spiro atoms. The number of aliphatic carboxylic acids is 2. The number of fused-ring (bicyclic) bond motifs is 1. The van der Waals surface area contributed by atoms with Gasteiger partial charge >= 0.3 is 11.9 Å². The molecular formula is C13H14FN5O7. The summed E-state index contributed by atoms with van der Waals surface area (Å²) in [4.78, 5) is 33.3. The number of hydrogen-bond acceptors (Lipinski definition) is 9. The number of carboxylic acid groups (broad SMARTS) is 2. The van der Waals surface area contributed by atoms with Crippen LogP contribution in [0.2, 0.25) is 0 Å². The third kappa shape index (κ3) is 3.02. The Hall–Kier alpha value is -2.90. The smallest absolute Gasteiger partial charge is 0.344 e. The van der Waals surface area contributed by atoms with E-state index in [0.717, 1.165) is 6.33 Å². The maximum absolute atomic E-state index is 14.5. The van der Waals surface area contributed by atoms with Crippen LogP contribution < -0.4 is 5.73 Å². The van der Waals surface area contributed by atoms with Crippen LogP contribution in [0.1, 0.15) is 6.23 Å². The molecular weight excluding hydrogens is 357 g/mol. The highest BCUT2D eigenvalue weighted by molar-refractivity contribution is 5.96. The molecule has 1 aliphatic heterocycles. The van der Waals surface area contributed by atoms with Gasteiger partial charge in [0.05, 0.1) is 12.9 Å². The van der Waals surface area contributed by atoms with Gasteiger partial charge in [0.1, 0.15) is 24.1 Å². The summed E-state index contributed by atoms with van der Waals surface area (Å²) in [5.74, 6) is -3.38. The third-order valence-electron chi connectivity index (χ3n) is 3.83. The Labute approximate surface area is 144 Å². The van der Waals surface area contributed by atoms with E-state index in [2.05, 4.69) is 15.0 Å². The molecule has 13 heteroatoms. The van der Waals surface area contributed by atoms with Crippen LogP contribution in [-0.4, -0.2) is 77.9 Å². The SMILES string of the molecule is Nc1ncnc2c1ncn2[C@@H]1O[C@H](COC(C(=O)O)C(=O)O)[C@@H](O)[C@H]1F. The van der Waals surface area contributed by atoms with Crippen molar-refractivity contribution < 1.29 is 38.8 Å². The van der Waals surface area contributed by atoms with E-state index < -0.39 is 49.3 Å². The lowest BCUT2D eigenvalue weighted by Gasteiger charge is -2.16. The fourth-order valence-corrected chi connectivity index (χ4v) is 2.56. The van der Waals surface area contributed by atoms with Gasteiger partial charge in [0.25, 0.3) is 6.10 Å². The number of nitrogen functional groups attached to an aromatic ring is 1. The number of ether oxygens (including phenoxy) is 2. The van der Waals surface area contributed by atoms with E-state index in [1.54, 1.807) is 0 Å². The average Bonchev–Trinajstić information content (AvgIpc) is 3.11. The maximum Gasteiger partial charge on any atom is 0.344 e. The Morgan fingerprint density at radius 1 is 1.35 bits per heavy atom. The minimum absolute atomic E-state index is 0.0772. The zero-order valence-electron chi connectivity index (χ0n) is 13.0. The molecule has 5 N–H and O–H groups in total. The average molecular weight is 371 g/mol. The summed E-state index contributed by atoms with van der Waals surface area (Å²) in [5.41, 5.74) is 6.04.